The Morgan fingerprint density at radius 3 is 2.38 bits per heavy atom. The summed E-state index contributed by atoms with van der Waals surface area (Å²) in [4.78, 5) is 29.7. The Kier molecular flexibility index (Phi) is 6.39. The first-order valence-electron chi connectivity index (χ1n) is 6.68. The summed E-state index contributed by atoms with van der Waals surface area (Å²) < 4.78 is 9.89. The Morgan fingerprint density at radius 1 is 1.19 bits per heavy atom. The van der Waals surface area contributed by atoms with Crippen molar-refractivity contribution >= 4 is 18.0 Å². The number of rotatable bonds is 6. The number of esters is 2. The zero-order valence-electron chi connectivity index (χ0n) is 12.8. The zero-order chi connectivity index (χ0) is 15.8. The van der Waals surface area contributed by atoms with E-state index >= 15 is 0 Å². The van der Waals surface area contributed by atoms with Gasteiger partial charge in [-0.15, -0.1) is 0 Å². The SMILES string of the molecule is CCOC(=O)c1cnc(/C=C/N(C)C)c(C(=O)OCC)c1. The molecule has 1 rings (SSSR count). The van der Waals surface area contributed by atoms with Gasteiger partial charge in [-0.05, 0) is 26.0 Å². The van der Waals surface area contributed by atoms with E-state index in [-0.39, 0.29) is 24.3 Å². The van der Waals surface area contributed by atoms with Crippen molar-refractivity contribution in [3.05, 3.63) is 35.3 Å². The summed E-state index contributed by atoms with van der Waals surface area (Å²) in [6.45, 7) is 3.94. The van der Waals surface area contributed by atoms with Gasteiger partial charge in [0.2, 0.25) is 0 Å². The second-order valence-corrected chi connectivity index (χ2v) is 4.38. The Hall–Kier alpha value is -2.37. The highest BCUT2D eigenvalue weighted by molar-refractivity contribution is 5.97. The van der Waals surface area contributed by atoms with Gasteiger partial charge in [0, 0.05) is 26.5 Å². The van der Waals surface area contributed by atoms with Gasteiger partial charge in [0.05, 0.1) is 30.0 Å². The quantitative estimate of drug-likeness (QED) is 0.747. The predicted molar refractivity (Wildman–Crippen MR) is 78.9 cm³/mol. The van der Waals surface area contributed by atoms with Crippen LogP contribution in [0.2, 0.25) is 0 Å². The van der Waals surface area contributed by atoms with E-state index in [0.717, 1.165) is 0 Å². The molecule has 0 aliphatic rings. The molecule has 1 aromatic rings. The molecule has 0 aliphatic carbocycles. The van der Waals surface area contributed by atoms with Crippen molar-refractivity contribution in [1.82, 2.24) is 9.88 Å². The lowest BCUT2D eigenvalue weighted by atomic mass is 10.1. The molecule has 1 aromatic heterocycles. The van der Waals surface area contributed by atoms with E-state index in [4.69, 9.17) is 9.47 Å². The van der Waals surface area contributed by atoms with E-state index in [2.05, 4.69) is 4.98 Å². The van der Waals surface area contributed by atoms with Crippen LogP contribution < -0.4 is 0 Å². The van der Waals surface area contributed by atoms with Crippen molar-refractivity contribution in [2.24, 2.45) is 0 Å². The highest BCUT2D eigenvalue weighted by atomic mass is 16.5. The Balaban J connectivity index is 3.19. The standard InChI is InChI=1S/C15H20N2O4/c1-5-20-14(18)11-9-12(15(19)21-6-2)13(16-10-11)7-8-17(3)4/h7-10H,5-6H2,1-4H3/b8-7+. The number of hydrogen-bond acceptors (Lipinski definition) is 6. The van der Waals surface area contributed by atoms with Crippen LogP contribution >= 0.6 is 0 Å². The molecule has 21 heavy (non-hydrogen) atoms. The van der Waals surface area contributed by atoms with Crippen molar-refractivity contribution in [1.29, 1.82) is 0 Å². The molecule has 0 aromatic carbocycles. The molecule has 0 spiro atoms. The van der Waals surface area contributed by atoms with Crippen LogP contribution in [-0.4, -0.2) is 49.1 Å². The first kappa shape index (κ1) is 16.7. The van der Waals surface area contributed by atoms with Crippen molar-refractivity contribution in [2.75, 3.05) is 27.3 Å². The monoisotopic (exact) mass is 292 g/mol. The van der Waals surface area contributed by atoms with Crippen molar-refractivity contribution < 1.29 is 19.1 Å². The molecular formula is C15H20N2O4. The van der Waals surface area contributed by atoms with Gasteiger partial charge in [0.1, 0.15) is 0 Å². The molecule has 0 unspecified atom stereocenters. The van der Waals surface area contributed by atoms with Gasteiger partial charge in [-0.2, -0.15) is 0 Å². The van der Waals surface area contributed by atoms with E-state index in [1.54, 1.807) is 26.1 Å². The zero-order valence-corrected chi connectivity index (χ0v) is 12.8. The normalized spacial score (nSPS) is 10.5. The van der Waals surface area contributed by atoms with E-state index in [9.17, 15) is 9.59 Å². The minimum Gasteiger partial charge on any atom is -0.462 e. The molecule has 0 aliphatic heterocycles. The van der Waals surface area contributed by atoms with E-state index in [1.165, 1.54) is 12.3 Å². The van der Waals surface area contributed by atoms with Crippen LogP contribution in [0.4, 0.5) is 0 Å². The van der Waals surface area contributed by atoms with Crippen LogP contribution in [0.15, 0.2) is 18.5 Å². The van der Waals surface area contributed by atoms with Gasteiger partial charge < -0.3 is 14.4 Å². The summed E-state index contributed by atoms with van der Waals surface area (Å²) >= 11 is 0. The summed E-state index contributed by atoms with van der Waals surface area (Å²) in [5.74, 6) is -1.03. The summed E-state index contributed by atoms with van der Waals surface area (Å²) in [5, 5.41) is 0. The smallest absolute Gasteiger partial charge is 0.340 e. The first-order chi connectivity index (χ1) is 9.99. The molecule has 0 fully saturated rings. The van der Waals surface area contributed by atoms with Gasteiger partial charge in [0.25, 0.3) is 0 Å². The molecule has 6 nitrogen and oxygen atoms in total. The molecule has 0 bridgehead atoms. The molecule has 0 radical (unpaired) electrons. The summed E-state index contributed by atoms with van der Waals surface area (Å²) in [6, 6.07) is 1.44. The Bertz CT molecular complexity index is 538. The van der Waals surface area contributed by atoms with E-state index < -0.39 is 11.9 Å². The lowest BCUT2D eigenvalue weighted by Gasteiger charge is -2.09. The molecule has 6 heteroatoms. The molecule has 0 saturated carbocycles. The number of ether oxygens (including phenoxy) is 2. The Labute approximate surface area is 124 Å². The summed E-state index contributed by atoms with van der Waals surface area (Å²) in [7, 11) is 3.71. The minimum atomic E-state index is -0.519. The predicted octanol–water partition coefficient (Wildman–Crippen LogP) is 1.97. The van der Waals surface area contributed by atoms with Gasteiger partial charge >= 0.3 is 11.9 Å². The van der Waals surface area contributed by atoms with Crippen molar-refractivity contribution in [3.63, 3.8) is 0 Å². The van der Waals surface area contributed by atoms with Gasteiger partial charge in [0.15, 0.2) is 0 Å². The summed E-state index contributed by atoms with van der Waals surface area (Å²) in [5.41, 5.74) is 0.901. The van der Waals surface area contributed by atoms with Gasteiger partial charge in [-0.1, -0.05) is 0 Å². The number of pyridine rings is 1. The molecule has 1 heterocycles. The fourth-order valence-corrected chi connectivity index (χ4v) is 1.53. The van der Waals surface area contributed by atoms with Crippen LogP contribution in [0, 0.1) is 0 Å². The van der Waals surface area contributed by atoms with Gasteiger partial charge in [-0.25, -0.2) is 9.59 Å². The average molecular weight is 292 g/mol. The molecule has 0 N–H and O–H groups in total. The second-order valence-electron chi connectivity index (χ2n) is 4.38. The van der Waals surface area contributed by atoms with Crippen LogP contribution in [0.25, 0.3) is 6.08 Å². The van der Waals surface area contributed by atoms with E-state index in [0.29, 0.717) is 5.69 Å². The molecule has 0 atom stereocenters. The molecule has 0 saturated heterocycles. The number of carbonyl (C=O) groups is 2. The molecule has 114 valence electrons. The van der Waals surface area contributed by atoms with Crippen LogP contribution in [0.5, 0.6) is 0 Å². The summed E-state index contributed by atoms with van der Waals surface area (Å²) in [6.07, 6.45) is 4.83. The van der Waals surface area contributed by atoms with Crippen molar-refractivity contribution in [2.45, 2.75) is 13.8 Å². The fraction of sp³-hybridized carbons (Fsp3) is 0.400. The van der Waals surface area contributed by atoms with Crippen LogP contribution in [0.1, 0.15) is 40.3 Å². The maximum Gasteiger partial charge on any atom is 0.340 e. The number of nitrogens with zero attached hydrogens (tertiary/aromatic N) is 2. The van der Waals surface area contributed by atoms with Crippen LogP contribution in [0.3, 0.4) is 0 Å². The fourth-order valence-electron chi connectivity index (χ4n) is 1.53. The number of hydrogen-bond donors (Lipinski definition) is 0. The second kappa shape index (κ2) is 8.04. The number of aromatic nitrogens is 1. The third kappa shape index (κ3) is 4.91. The Morgan fingerprint density at radius 2 is 1.81 bits per heavy atom. The highest BCUT2D eigenvalue weighted by Gasteiger charge is 2.16. The minimum absolute atomic E-state index is 0.224. The average Bonchev–Trinajstić information content (AvgIpc) is 2.45. The maximum atomic E-state index is 12.0. The number of carbonyl (C=O) groups excluding carboxylic acids is 2. The third-order valence-electron chi connectivity index (χ3n) is 2.46. The van der Waals surface area contributed by atoms with Crippen LogP contribution in [-0.2, 0) is 9.47 Å². The molecular weight excluding hydrogens is 272 g/mol. The maximum absolute atomic E-state index is 12.0. The molecule has 0 amide bonds. The largest absolute Gasteiger partial charge is 0.462 e. The topological polar surface area (TPSA) is 68.7 Å². The first-order valence-corrected chi connectivity index (χ1v) is 6.68. The lowest BCUT2D eigenvalue weighted by molar-refractivity contribution is 0.0524. The third-order valence-corrected chi connectivity index (χ3v) is 2.46. The highest BCUT2D eigenvalue weighted by Crippen LogP contribution is 2.14. The van der Waals surface area contributed by atoms with E-state index in [1.807, 2.05) is 19.0 Å². The lowest BCUT2D eigenvalue weighted by Crippen LogP contribution is -2.12. The van der Waals surface area contributed by atoms with Gasteiger partial charge in [-0.3, -0.25) is 4.98 Å². The van der Waals surface area contributed by atoms with Crippen molar-refractivity contribution in [3.8, 4) is 0 Å².